The molecule has 5 rings (SSSR count). The number of aryl methyl sites for hydroxylation is 1. The molecular formula is C26H27ClFN7O2. The third-order valence-electron chi connectivity index (χ3n) is 6.56. The van der Waals surface area contributed by atoms with Gasteiger partial charge in [-0.15, -0.1) is 0 Å². The molecule has 0 saturated carbocycles. The first-order chi connectivity index (χ1) is 17.9. The molecule has 1 aliphatic heterocycles. The molecule has 0 radical (unpaired) electrons. The predicted octanol–water partition coefficient (Wildman–Crippen LogP) is 4.91. The molecule has 1 aromatic carbocycles. The van der Waals surface area contributed by atoms with Gasteiger partial charge in [-0.05, 0) is 43.0 Å². The number of halogens is 2. The van der Waals surface area contributed by atoms with E-state index in [2.05, 4.69) is 31.8 Å². The lowest BCUT2D eigenvalue weighted by atomic mass is 10.1. The minimum Gasteiger partial charge on any atom is -0.437 e. The summed E-state index contributed by atoms with van der Waals surface area (Å²) in [5.74, 6) is 0.397. The van der Waals surface area contributed by atoms with Crippen LogP contribution < -0.4 is 9.64 Å². The Morgan fingerprint density at radius 2 is 1.89 bits per heavy atom. The number of piperidine rings is 1. The Morgan fingerprint density at radius 1 is 1.16 bits per heavy atom. The third kappa shape index (κ3) is 4.93. The minimum absolute atomic E-state index is 0.0563. The summed E-state index contributed by atoms with van der Waals surface area (Å²) in [5, 5.41) is 0.411. The average molecular weight is 524 g/mol. The Balaban J connectivity index is 1.36. The molecule has 9 nitrogen and oxygen atoms in total. The number of carbonyl (C=O) groups excluding carboxylic acids is 1. The molecule has 37 heavy (non-hydrogen) atoms. The minimum atomic E-state index is -0.470. The molecule has 1 aliphatic rings. The van der Waals surface area contributed by atoms with Crippen LogP contribution in [0.15, 0.2) is 43.1 Å². The zero-order valence-electron chi connectivity index (χ0n) is 20.9. The number of rotatable bonds is 6. The summed E-state index contributed by atoms with van der Waals surface area (Å²) < 4.78 is 23.0. The van der Waals surface area contributed by atoms with Gasteiger partial charge < -0.3 is 19.1 Å². The van der Waals surface area contributed by atoms with E-state index in [0.29, 0.717) is 17.2 Å². The highest BCUT2D eigenvalue weighted by Crippen LogP contribution is 2.36. The van der Waals surface area contributed by atoms with Crippen molar-refractivity contribution in [3.63, 3.8) is 0 Å². The zero-order valence-corrected chi connectivity index (χ0v) is 21.6. The van der Waals surface area contributed by atoms with Crippen LogP contribution >= 0.6 is 11.6 Å². The predicted molar refractivity (Wildman–Crippen MR) is 139 cm³/mol. The van der Waals surface area contributed by atoms with E-state index in [1.165, 1.54) is 23.5 Å². The Labute approximate surface area is 218 Å². The molecule has 0 bridgehead atoms. The number of benzene rings is 1. The van der Waals surface area contributed by atoms with Gasteiger partial charge in [0, 0.05) is 57.4 Å². The first kappa shape index (κ1) is 24.9. The lowest BCUT2D eigenvalue weighted by Gasteiger charge is -2.32. The van der Waals surface area contributed by atoms with Crippen molar-refractivity contribution >= 4 is 34.5 Å². The van der Waals surface area contributed by atoms with Crippen molar-refractivity contribution < 1.29 is 13.9 Å². The molecule has 4 aromatic rings. The summed E-state index contributed by atoms with van der Waals surface area (Å²) in [4.78, 5) is 33.3. The van der Waals surface area contributed by atoms with Crippen molar-refractivity contribution in [3.05, 3.63) is 65.1 Å². The van der Waals surface area contributed by atoms with Crippen molar-refractivity contribution in [3.8, 4) is 11.6 Å². The summed E-state index contributed by atoms with van der Waals surface area (Å²) in [6.45, 7) is 3.57. The molecule has 4 heterocycles. The second kappa shape index (κ2) is 10.3. The van der Waals surface area contributed by atoms with Crippen molar-refractivity contribution in [1.82, 2.24) is 29.4 Å². The number of amides is 1. The normalized spacial score (nSPS) is 14.2. The van der Waals surface area contributed by atoms with Gasteiger partial charge in [0.05, 0.1) is 5.02 Å². The number of fused-ring (bicyclic) bond motifs is 1. The van der Waals surface area contributed by atoms with E-state index in [1.54, 1.807) is 26.2 Å². The summed E-state index contributed by atoms with van der Waals surface area (Å²) in [7, 11) is 3.32. The first-order valence-electron chi connectivity index (χ1n) is 12.1. The van der Waals surface area contributed by atoms with Crippen molar-refractivity contribution in [2.75, 3.05) is 32.1 Å². The molecule has 1 amide bonds. The highest BCUT2D eigenvalue weighted by Gasteiger charge is 2.26. The third-order valence-corrected chi connectivity index (χ3v) is 6.86. The quantitative estimate of drug-likeness (QED) is 0.354. The van der Waals surface area contributed by atoms with Crippen LogP contribution in [0, 0.1) is 5.82 Å². The van der Waals surface area contributed by atoms with Gasteiger partial charge in [0.1, 0.15) is 17.5 Å². The molecule has 3 aromatic heterocycles. The molecule has 1 saturated heterocycles. The number of aromatic nitrogens is 5. The monoisotopic (exact) mass is 523 g/mol. The Morgan fingerprint density at radius 3 is 2.54 bits per heavy atom. The van der Waals surface area contributed by atoms with Gasteiger partial charge in [0.25, 0.3) is 5.91 Å². The summed E-state index contributed by atoms with van der Waals surface area (Å²) in [6, 6.07) is 4.76. The van der Waals surface area contributed by atoms with Crippen LogP contribution in [0.25, 0.3) is 11.0 Å². The highest BCUT2D eigenvalue weighted by atomic mass is 35.5. The molecule has 0 spiro atoms. The van der Waals surface area contributed by atoms with Gasteiger partial charge in [-0.2, -0.15) is 0 Å². The lowest BCUT2D eigenvalue weighted by Crippen LogP contribution is -2.35. The Hall–Kier alpha value is -3.79. The van der Waals surface area contributed by atoms with Crippen LogP contribution in [0.2, 0.25) is 5.02 Å². The number of hydrogen-bond donors (Lipinski definition) is 0. The Bertz CT molecular complexity index is 1430. The maximum absolute atomic E-state index is 15.2. The number of ether oxygens (including phenoxy) is 1. The molecule has 0 aliphatic carbocycles. The van der Waals surface area contributed by atoms with Crippen molar-refractivity contribution in [2.45, 2.75) is 32.2 Å². The Kier molecular flexibility index (Phi) is 6.92. The van der Waals surface area contributed by atoms with E-state index in [9.17, 15) is 4.79 Å². The van der Waals surface area contributed by atoms with Gasteiger partial charge in [0.15, 0.2) is 11.5 Å². The standard InChI is InChI=1S/C26H27ClFN7O2/c1-4-16-12-29-26(30-13-16)34-9-7-18(8-10-34)35-14-20(28)22-23(35)31-15-32-24(22)37-21-6-5-17(11-19(21)27)25(36)33(2)3/h5-6,11-15,18H,4,7-10H2,1-3H3. The molecule has 0 N–H and O–H groups in total. The van der Waals surface area contributed by atoms with E-state index < -0.39 is 5.82 Å². The fourth-order valence-corrected chi connectivity index (χ4v) is 4.70. The number of hydrogen-bond acceptors (Lipinski definition) is 7. The topological polar surface area (TPSA) is 89.3 Å². The number of carbonyl (C=O) groups is 1. The van der Waals surface area contributed by atoms with Crippen LogP contribution in [0.1, 0.15) is 41.7 Å². The second-order valence-electron chi connectivity index (χ2n) is 9.17. The largest absolute Gasteiger partial charge is 0.437 e. The van der Waals surface area contributed by atoms with Crippen molar-refractivity contribution in [2.24, 2.45) is 0 Å². The molecule has 1 fully saturated rings. The molecular weight excluding hydrogens is 497 g/mol. The van der Waals surface area contributed by atoms with Gasteiger partial charge in [-0.25, -0.2) is 24.3 Å². The van der Waals surface area contributed by atoms with E-state index in [0.717, 1.165) is 37.9 Å². The van der Waals surface area contributed by atoms with E-state index in [1.807, 2.05) is 17.0 Å². The number of nitrogens with zero attached hydrogens (tertiary/aromatic N) is 7. The summed E-state index contributed by atoms with van der Waals surface area (Å²) >= 11 is 6.37. The van der Waals surface area contributed by atoms with Gasteiger partial charge in [0.2, 0.25) is 11.8 Å². The molecule has 0 atom stereocenters. The maximum atomic E-state index is 15.2. The van der Waals surface area contributed by atoms with E-state index in [-0.39, 0.29) is 34.0 Å². The van der Waals surface area contributed by atoms with Gasteiger partial charge >= 0.3 is 0 Å². The number of anilines is 1. The molecule has 11 heteroatoms. The van der Waals surface area contributed by atoms with Crippen LogP contribution in [0.3, 0.4) is 0 Å². The maximum Gasteiger partial charge on any atom is 0.253 e. The lowest BCUT2D eigenvalue weighted by molar-refractivity contribution is 0.0827. The van der Waals surface area contributed by atoms with E-state index >= 15 is 4.39 Å². The molecule has 192 valence electrons. The average Bonchev–Trinajstić information content (AvgIpc) is 3.26. The smallest absolute Gasteiger partial charge is 0.253 e. The summed E-state index contributed by atoms with van der Waals surface area (Å²) in [6.07, 6.45) is 9.01. The SMILES string of the molecule is CCc1cnc(N2CCC(n3cc(F)c4c(Oc5ccc(C(=O)N(C)C)cc5Cl)ncnc43)CC2)nc1. The first-order valence-corrected chi connectivity index (χ1v) is 12.5. The second-order valence-corrected chi connectivity index (χ2v) is 9.58. The van der Waals surface area contributed by atoms with Gasteiger partial charge in [-0.3, -0.25) is 4.79 Å². The van der Waals surface area contributed by atoms with E-state index in [4.69, 9.17) is 16.3 Å². The fraction of sp³-hybridized carbons (Fsp3) is 0.346. The highest BCUT2D eigenvalue weighted by molar-refractivity contribution is 6.32. The summed E-state index contributed by atoms with van der Waals surface area (Å²) in [5.41, 5.74) is 1.98. The van der Waals surface area contributed by atoms with Crippen LogP contribution in [0.4, 0.5) is 10.3 Å². The van der Waals surface area contributed by atoms with Crippen molar-refractivity contribution in [1.29, 1.82) is 0 Å². The van der Waals surface area contributed by atoms with Crippen LogP contribution in [-0.4, -0.2) is 62.5 Å². The zero-order chi connectivity index (χ0) is 26.1. The van der Waals surface area contributed by atoms with Crippen LogP contribution in [-0.2, 0) is 6.42 Å². The van der Waals surface area contributed by atoms with Gasteiger partial charge in [-0.1, -0.05) is 18.5 Å². The molecule has 0 unspecified atom stereocenters. The van der Waals surface area contributed by atoms with Crippen LogP contribution in [0.5, 0.6) is 11.6 Å². The fourth-order valence-electron chi connectivity index (χ4n) is 4.49.